The predicted molar refractivity (Wildman–Crippen MR) is 69.5 cm³/mol. The number of hydrogen-bond acceptors (Lipinski definition) is 3. The van der Waals surface area contributed by atoms with E-state index in [1.165, 1.54) is 4.90 Å². The molecule has 1 aliphatic heterocycles. The van der Waals surface area contributed by atoms with E-state index in [0.29, 0.717) is 26.1 Å². The summed E-state index contributed by atoms with van der Waals surface area (Å²) in [6.07, 6.45) is 3.41. The Morgan fingerprint density at radius 2 is 2.16 bits per heavy atom. The Hall–Kier alpha value is -1.77. The summed E-state index contributed by atoms with van der Waals surface area (Å²) in [6, 6.07) is 1.02. The Bertz CT molecular complexity index is 365. The number of carbonyl (C=O) groups is 2. The third-order valence-corrected chi connectivity index (χ3v) is 3.43. The average molecular weight is 267 g/mol. The number of rotatable bonds is 4. The van der Waals surface area contributed by atoms with E-state index in [0.717, 1.165) is 19.3 Å². The molecule has 1 N–H and O–H groups in total. The maximum absolute atomic E-state index is 12.4. The molecule has 6 nitrogen and oxygen atoms in total. The number of carboxylic acids is 1. The summed E-state index contributed by atoms with van der Waals surface area (Å²) >= 11 is 0. The Kier molecular flexibility index (Phi) is 6.13. The van der Waals surface area contributed by atoms with E-state index < -0.39 is 12.0 Å². The summed E-state index contributed by atoms with van der Waals surface area (Å²) in [6.45, 7) is 3.17. The molecule has 1 fully saturated rings. The zero-order valence-corrected chi connectivity index (χ0v) is 11.3. The van der Waals surface area contributed by atoms with Crippen LogP contribution in [0, 0.1) is 11.3 Å². The highest BCUT2D eigenvalue weighted by atomic mass is 16.4. The third kappa shape index (κ3) is 4.12. The molecule has 19 heavy (non-hydrogen) atoms. The van der Waals surface area contributed by atoms with Crippen molar-refractivity contribution in [3.8, 4) is 6.07 Å². The molecule has 1 unspecified atom stereocenters. The highest BCUT2D eigenvalue weighted by molar-refractivity contribution is 5.82. The van der Waals surface area contributed by atoms with Gasteiger partial charge in [-0.25, -0.2) is 9.59 Å². The van der Waals surface area contributed by atoms with E-state index in [2.05, 4.69) is 0 Å². The van der Waals surface area contributed by atoms with Gasteiger partial charge in [-0.1, -0.05) is 12.8 Å². The molecule has 6 heteroatoms. The first-order chi connectivity index (χ1) is 9.11. The van der Waals surface area contributed by atoms with Gasteiger partial charge in [-0.2, -0.15) is 5.26 Å². The van der Waals surface area contributed by atoms with Crippen LogP contribution in [0.5, 0.6) is 0 Å². The molecule has 0 bridgehead atoms. The normalized spacial score (nSPS) is 19.4. The van der Waals surface area contributed by atoms with Crippen LogP contribution in [0.2, 0.25) is 0 Å². The zero-order chi connectivity index (χ0) is 14.3. The smallest absolute Gasteiger partial charge is 0.326 e. The molecule has 1 aliphatic rings. The number of hydrogen-bond donors (Lipinski definition) is 1. The Morgan fingerprint density at radius 3 is 2.74 bits per heavy atom. The summed E-state index contributed by atoms with van der Waals surface area (Å²) in [5.74, 6) is -0.938. The SMILES string of the molecule is CCN(CCC#N)C(=O)N1CCCCCC1C(=O)O. The second-order valence-electron chi connectivity index (χ2n) is 4.67. The van der Waals surface area contributed by atoms with Crippen molar-refractivity contribution in [1.29, 1.82) is 5.26 Å². The fourth-order valence-corrected chi connectivity index (χ4v) is 2.35. The number of likely N-dealkylation sites (tertiary alicyclic amines) is 1. The molecule has 0 saturated carbocycles. The van der Waals surface area contributed by atoms with Gasteiger partial charge in [-0.15, -0.1) is 0 Å². The van der Waals surface area contributed by atoms with E-state index in [-0.39, 0.29) is 12.5 Å². The lowest BCUT2D eigenvalue weighted by Crippen LogP contribution is -2.51. The highest BCUT2D eigenvalue weighted by Crippen LogP contribution is 2.18. The first-order valence-corrected chi connectivity index (χ1v) is 6.77. The standard InChI is InChI=1S/C13H21N3O3/c1-2-15(9-6-8-14)13(19)16-10-5-3-4-7-11(16)12(17)18/h11H,2-7,9-10H2,1H3,(H,17,18). The van der Waals surface area contributed by atoms with Crippen LogP contribution in [0.25, 0.3) is 0 Å². The minimum absolute atomic E-state index is 0.257. The second-order valence-corrected chi connectivity index (χ2v) is 4.67. The molecule has 106 valence electrons. The Morgan fingerprint density at radius 1 is 1.42 bits per heavy atom. The van der Waals surface area contributed by atoms with Crippen LogP contribution in [0.3, 0.4) is 0 Å². The number of nitrogens with zero attached hydrogens (tertiary/aromatic N) is 3. The zero-order valence-electron chi connectivity index (χ0n) is 11.3. The molecule has 0 aliphatic carbocycles. The van der Waals surface area contributed by atoms with Crippen molar-refractivity contribution < 1.29 is 14.7 Å². The lowest BCUT2D eigenvalue weighted by atomic mass is 10.1. The summed E-state index contributed by atoms with van der Waals surface area (Å²) in [4.78, 5) is 26.7. The van der Waals surface area contributed by atoms with Crippen molar-refractivity contribution in [2.75, 3.05) is 19.6 Å². The topological polar surface area (TPSA) is 84.6 Å². The van der Waals surface area contributed by atoms with Crippen LogP contribution < -0.4 is 0 Å². The molecular weight excluding hydrogens is 246 g/mol. The molecule has 1 atom stereocenters. The number of nitriles is 1. The summed E-state index contributed by atoms with van der Waals surface area (Å²) < 4.78 is 0. The van der Waals surface area contributed by atoms with Gasteiger partial charge in [0.15, 0.2) is 0 Å². The maximum Gasteiger partial charge on any atom is 0.326 e. The van der Waals surface area contributed by atoms with Crippen LogP contribution in [0.4, 0.5) is 4.79 Å². The van der Waals surface area contributed by atoms with Crippen LogP contribution >= 0.6 is 0 Å². The van der Waals surface area contributed by atoms with Gasteiger partial charge < -0.3 is 14.9 Å². The largest absolute Gasteiger partial charge is 0.480 e. The number of amides is 2. The van der Waals surface area contributed by atoms with Crippen LogP contribution in [-0.4, -0.2) is 52.6 Å². The van der Waals surface area contributed by atoms with Gasteiger partial charge in [-0.05, 0) is 19.8 Å². The Labute approximate surface area is 113 Å². The van der Waals surface area contributed by atoms with Crippen molar-refractivity contribution in [2.45, 2.75) is 45.1 Å². The summed E-state index contributed by atoms with van der Waals surface area (Å²) in [7, 11) is 0. The van der Waals surface area contributed by atoms with E-state index in [1.807, 2.05) is 13.0 Å². The quantitative estimate of drug-likeness (QED) is 0.839. The fraction of sp³-hybridized carbons (Fsp3) is 0.769. The van der Waals surface area contributed by atoms with Crippen molar-refractivity contribution in [3.05, 3.63) is 0 Å². The second kappa shape index (κ2) is 7.62. The summed E-state index contributed by atoms with van der Waals surface area (Å²) in [5, 5.41) is 17.8. The average Bonchev–Trinajstić information content (AvgIpc) is 2.64. The van der Waals surface area contributed by atoms with Gasteiger partial charge in [0.05, 0.1) is 12.5 Å². The van der Waals surface area contributed by atoms with Gasteiger partial charge in [0.2, 0.25) is 0 Å². The van der Waals surface area contributed by atoms with E-state index in [9.17, 15) is 14.7 Å². The highest BCUT2D eigenvalue weighted by Gasteiger charge is 2.32. The van der Waals surface area contributed by atoms with Crippen molar-refractivity contribution in [3.63, 3.8) is 0 Å². The minimum Gasteiger partial charge on any atom is -0.480 e. The number of carbonyl (C=O) groups excluding carboxylic acids is 1. The molecule has 1 rings (SSSR count). The number of carboxylic acid groups (broad SMARTS) is 1. The van der Waals surface area contributed by atoms with Crippen molar-refractivity contribution in [2.24, 2.45) is 0 Å². The lowest BCUT2D eigenvalue weighted by molar-refractivity contribution is -0.142. The van der Waals surface area contributed by atoms with Gasteiger partial charge >= 0.3 is 12.0 Å². The number of aliphatic carboxylic acids is 1. The van der Waals surface area contributed by atoms with Crippen LogP contribution in [-0.2, 0) is 4.79 Å². The first kappa shape index (κ1) is 15.3. The molecule has 0 aromatic carbocycles. The van der Waals surface area contributed by atoms with Crippen molar-refractivity contribution >= 4 is 12.0 Å². The fourth-order valence-electron chi connectivity index (χ4n) is 2.35. The molecule has 2 amide bonds. The van der Waals surface area contributed by atoms with E-state index in [4.69, 9.17) is 5.26 Å². The van der Waals surface area contributed by atoms with E-state index in [1.54, 1.807) is 4.90 Å². The molecule has 1 heterocycles. The molecule has 1 saturated heterocycles. The monoisotopic (exact) mass is 267 g/mol. The molecule has 0 radical (unpaired) electrons. The Balaban J connectivity index is 2.79. The first-order valence-electron chi connectivity index (χ1n) is 6.77. The third-order valence-electron chi connectivity index (χ3n) is 3.43. The van der Waals surface area contributed by atoms with Crippen LogP contribution in [0.1, 0.15) is 39.0 Å². The molecule has 0 aromatic rings. The maximum atomic E-state index is 12.4. The van der Waals surface area contributed by atoms with Gasteiger partial charge in [0.25, 0.3) is 0 Å². The minimum atomic E-state index is -0.938. The van der Waals surface area contributed by atoms with E-state index >= 15 is 0 Å². The molecule has 0 spiro atoms. The lowest BCUT2D eigenvalue weighted by Gasteiger charge is -2.32. The molecule has 0 aromatic heterocycles. The van der Waals surface area contributed by atoms with Crippen LogP contribution in [0.15, 0.2) is 0 Å². The van der Waals surface area contributed by atoms with Gasteiger partial charge in [-0.3, -0.25) is 0 Å². The number of urea groups is 1. The molecular formula is C13H21N3O3. The van der Waals surface area contributed by atoms with Gasteiger partial charge in [0, 0.05) is 19.6 Å². The summed E-state index contributed by atoms with van der Waals surface area (Å²) in [5.41, 5.74) is 0. The predicted octanol–water partition coefficient (Wildman–Crippen LogP) is 1.67. The van der Waals surface area contributed by atoms with Crippen molar-refractivity contribution in [1.82, 2.24) is 9.80 Å². The van der Waals surface area contributed by atoms with Gasteiger partial charge in [0.1, 0.15) is 6.04 Å².